The Labute approximate surface area is 222 Å². The van der Waals surface area contributed by atoms with Crippen molar-refractivity contribution < 1.29 is 24.2 Å². The van der Waals surface area contributed by atoms with Crippen molar-refractivity contribution in [2.75, 3.05) is 33.4 Å². The van der Waals surface area contributed by atoms with Gasteiger partial charge >= 0.3 is 0 Å². The van der Waals surface area contributed by atoms with Crippen LogP contribution in [0, 0.1) is 5.41 Å². The molecule has 4 N–H and O–H groups in total. The lowest BCUT2D eigenvalue weighted by Crippen LogP contribution is -2.63. The number of amides is 3. The quantitative estimate of drug-likeness (QED) is 0.421. The van der Waals surface area contributed by atoms with Crippen LogP contribution in [0.25, 0.3) is 0 Å². The van der Waals surface area contributed by atoms with E-state index in [1.165, 1.54) is 11.9 Å². The standard InChI is InChI=1S/C28H35N5O5/c1-27(29,19-34)25(36)30-22(17-38-16-21-11-7-4-8-12-21)24(35)33-14-13-23-28(18-33,26(37)32(2)31-23)15-20-9-5-3-6-10-20/h3-12,22,34H,13-19,29H2,1-2H3,(H,30,36). The Hall–Kier alpha value is -3.60. The lowest BCUT2D eigenvalue weighted by atomic mass is 9.73. The number of aliphatic hydroxyl groups is 1. The van der Waals surface area contributed by atoms with Crippen molar-refractivity contribution in [1.29, 1.82) is 0 Å². The zero-order valence-electron chi connectivity index (χ0n) is 21.8. The summed E-state index contributed by atoms with van der Waals surface area (Å²) in [5.41, 5.74) is 6.02. The molecule has 4 rings (SSSR count). The second-order valence-corrected chi connectivity index (χ2v) is 10.2. The van der Waals surface area contributed by atoms with Gasteiger partial charge in [-0.1, -0.05) is 60.7 Å². The van der Waals surface area contributed by atoms with Gasteiger partial charge in [0.25, 0.3) is 5.91 Å². The number of aliphatic hydroxyl groups excluding tert-OH is 1. The Balaban J connectivity index is 1.55. The lowest BCUT2D eigenvalue weighted by Gasteiger charge is -2.40. The van der Waals surface area contributed by atoms with Crippen molar-refractivity contribution in [2.45, 2.75) is 38.0 Å². The van der Waals surface area contributed by atoms with E-state index >= 15 is 0 Å². The van der Waals surface area contributed by atoms with Crippen LogP contribution in [0.15, 0.2) is 65.8 Å². The van der Waals surface area contributed by atoms with Gasteiger partial charge in [0.2, 0.25) is 11.8 Å². The van der Waals surface area contributed by atoms with Crippen LogP contribution >= 0.6 is 0 Å². The Morgan fingerprint density at radius 2 is 1.79 bits per heavy atom. The monoisotopic (exact) mass is 521 g/mol. The van der Waals surface area contributed by atoms with Crippen LogP contribution in [0.5, 0.6) is 0 Å². The molecular formula is C28H35N5O5. The molecule has 0 aromatic heterocycles. The van der Waals surface area contributed by atoms with Gasteiger partial charge in [0.15, 0.2) is 0 Å². The minimum Gasteiger partial charge on any atom is -0.394 e. The van der Waals surface area contributed by atoms with E-state index < -0.39 is 29.5 Å². The van der Waals surface area contributed by atoms with E-state index in [9.17, 15) is 19.5 Å². The van der Waals surface area contributed by atoms with Gasteiger partial charge in [0.1, 0.15) is 17.0 Å². The summed E-state index contributed by atoms with van der Waals surface area (Å²) in [6, 6.07) is 18.1. The van der Waals surface area contributed by atoms with Gasteiger partial charge in [-0.05, 0) is 24.5 Å². The molecule has 10 heteroatoms. The van der Waals surface area contributed by atoms with Crippen LogP contribution < -0.4 is 11.1 Å². The number of carbonyl (C=O) groups is 3. The fourth-order valence-electron chi connectivity index (χ4n) is 4.87. The molecule has 38 heavy (non-hydrogen) atoms. The maximum absolute atomic E-state index is 13.8. The van der Waals surface area contributed by atoms with Gasteiger partial charge in [-0.15, -0.1) is 0 Å². The topological polar surface area (TPSA) is 138 Å². The Kier molecular flexibility index (Phi) is 8.25. The first-order chi connectivity index (χ1) is 18.2. The highest BCUT2D eigenvalue weighted by atomic mass is 16.5. The molecular weight excluding hydrogens is 486 g/mol. The number of ether oxygens (including phenoxy) is 1. The van der Waals surface area contributed by atoms with E-state index in [0.29, 0.717) is 19.4 Å². The summed E-state index contributed by atoms with van der Waals surface area (Å²) in [5, 5.41) is 18.1. The van der Waals surface area contributed by atoms with Crippen molar-refractivity contribution >= 4 is 23.4 Å². The van der Waals surface area contributed by atoms with E-state index in [1.807, 2.05) is 60.7 Å². The van der Waals surface area contributed by atoms with Crippen molar-refractivity contribution in [3.8, 4) is 0 Å². The lowest BCUT2D eigenvalue weighted by molar-refractivity contribution is -0.144. The second-order valence-electron chi connectivity index (χ2n) is 10.2. The van der Waals surface area contributed by atoms with E-state index in [4.69, 9.17) is 10.5 Å². The number of hydrogen-bond donors (Lipinski definition) is 3. The molecule has 0 aliphatic carbocycles. The summed E-state index contributed by atoms with van der Waals surface area (Å²) in [4.78, 5) is 41.6. The third kappa shape index (κ3) is 5.77. The first kappa shape index (κ1) is 27.4. The van der Waals surface area contributed by atoms with Crippen LogP contribution in [0.1, 0.15) is 24.5 Å². The zero-order chi connectivity index (χ0) is 27.3. The Morgan fingerprint density at radius 1 is 1.16 bits per heavy atom. The molecule has 1 saturated heterocycles. The number of hydrogen-bond acceptors (Lipinski definition) is 7. The summed E-state index contributed by atoms with van der Waals surface area (Å²) in [6.45, 7) is 1.43. The van der Waals surface area contributed by atoms with Crippen LogP contribution in [0.4, 0.5) is 0 Å². The SMILES string of the molecule is CN1N=C2CCN(C(=O)C(COCc3ccccc3)NC(=O)C(C)(N)CO)CC2(Cc2ccccc2)C1=O. The Bertz CT molecular complexity index is 1190. The molecule has 1 fully saturated rings. The van der Waals surface area contributed by atoms with E-state index in [0.717, 1.165) is 16.8 Å². The first-order valence-corrected chi connectivity index (χ1v) is 12.7. The van der Waals surface area contributed by atoms with Gasteiger partial charge in [-0.25, -0.2) is 5.01 Å². The first-order valence-electron chi connectivity index (χ1n) is 12.7. The minimum absolute atomic E-state index is 0.0992. The van der Waals surface area contributed by atoms with Gasteiger partial charge in [0.05, 0.1) is 25.5 Å². The molecule has 10 nitrogen and oxygen atoms in total. The third-order valence-corrected chi connectivity index (χ3v) is 7.11. The molecule has 0 saturated carbocycles. The summed E-state index contributed by atoms with van der Waals surface area (Å²) >= 11 is 0. The van der Waals surface area contributed by atoms with Crippen molar-refractivity contribution in [3.63, 3.8) is 0 Å². The van der Waals surface area contributed by atoms with Crippen LogP contribution in [-0.4, -0.2) is 83.4 Å². The molecule has 2 aromatic carbocycles. The zero-order valence-corrected chi connectivity index (χ0v) is 21.8. The molecule has 2 aromatic rings. The molecule has 3 unspecified atom stereocenters. The number of piperidine rings is 1. The van der Waals surface area contributed by atoms with Gasteiger partial charge in [-0.2, -0.15) is 5.10 Å². The number of nitrogens with one attached hydrogen (secondary N) is 1. The van der Waals surface area contributed by atoms with E-state index in [1.54, 1.807) is 11.9 Å². The third-order valence-electron chi connectivity index (χ3n) is 7.11. The fourth-order valence-corrected chi connectivity index (χ4v) is 4.87. The number of carbonyl (C=O) groups excluding carboxylic acids is 3. The number of likely N-dealkylation sites (tertiary alicyclic amines) is 1. The second kappa shape index (κ2) is 11.4. The Morgan fingerprint density at radius 3 is 2.42 bits per heavy atom. The van der Waals surface area contributed by atoms with Crippen molar-refractivity contribution in [1.82, 2.24) is 15.2 Å². The number of nitrogens with zero attached hydrogens (tertiary/aromatic N) is 3. The molecule has 2 aliphatic rings. The maximum atomic E-state index is 13.8. The normalized spacial score (nSPS) is 21.4. The summed E-state index contributed by atoms with van der Waals surface area (Å²) in [7, 11) is 1.63. The number of fused-ring (bicyclic) bond motifs is 1. The average molecular weight is 522 g/mol. The highest BCUT2D eigenvalue weighted by Gasteiger charge is 2.54. The number of rotatable bonds is 10. The molecule has 0 radical (unpaired) electrons. The highest BCUT2D eigenvalue weighted by molar-refractivity contribution is 6.13. The van der Waals surface area contributed by atoms with Gasteiger partial charge in [-0.3, -0.25) is 14.4 Å². The predicted octanol–water partition coefficient (Wildman–Crippen LogP) is 0.687. The van der Waals surface area contributed by atoms with Gasteiger partial charge in [0, 0.05) is 26.6 Å². The van der Waals surface area contributed by atoms with Gasteiger partial charge < -0.3 is 25.8 Å². The number of hydrazone groups is 1. The predicted molar refractivity (Wildman–Crippen MR) is 142 cm³/mol. The van der Waals surface area contributed by atoms with Crippen LogP contribution in [0.2, 0.25) is 0 Å². The minimum atomic E-state index is -1.57. The van der Waals surface area contributed by atoms with Crippen molar-refractivity contribution in [2.24, 2.45) is 16.3 Å². The molecule has 2 aliphatic heterocycles. The molecule has 0 spiro atoms. The van der Waals surface area contributed by atoms with Crippen molar-refractivity contribution in [3.05, 3.63) is 71.8 Å². The molecule has 3 amide bonds. The van der Waals surface area contributed by atoms with Crippen LogP contribution in [0.3, 0.4) is 0 Å². The maximum Gasteiger partial charge on any atom is 0.256 e. The summed E-state index contributed by atoms with van der Waals surface area (Å²) in [6.07, 6.45) is 0.845. The van der Waals surface area contributed by atoms with E-state index in [-0.39, 0.29) is 31.6 Å². The largest absolute Gasteiger partial charge is 0.394 e. The van der Waals surface area contributed by atoms with E-state index in [2.05, 4.69) is 10.4 Å². The fraction of sp³-hybridized carbons (Fsp3) is 0.429. The summed E-state index contributed by atoms with van der Waals surface area (Å²) in [5.74, 6) is -1.21. The molecule has 3 atom stereocenters. The summed E-state index contributed by atoms with van der Waals surface area (Å²) < 4.78 is 5.82. The average Bonchev–Trinajstić information content (AvgIpc) is 3.17. The number of nitrogens with two attached hydrogens (primary N) is 1. The molecule has 2 heterocycles. The molecule has 202 valence electrons. The molecule has 0 bridgehead atoms. The number of benzene rings is 2. The smallest absolute Gasteiger partial charge is 0.256 e. The highest BCUT2D eigenvalue weighted by Crippen LogP contribution is 2.38. The van der Waals surface area contributed by atoms with Crippen LogP contribution in [-0.2, 0) is 32.1 Å².